The molecule has 9 nitrogen and oxygen atoms in total. The summed E-state index contributed by atoms with van der Waals surface area (Å²) < 4.78 is 5.97. The minimum Gasteiger partial charge on any atom is -0.492 e. The first-order valence-corrected chi connectivity index (χ1v) is 14.2. The van der Waals surface area contributed by atoms with Gasteiger partial charge in [-0.05, 0) is 28.8 Å². The van der Waals surface area contributed by atoms with Crippen LogP contribution in [0.4, 0.5) is 0 Å². The van der Waals surface area contributed by atoms with Crippen molar-refractivity contribution in [2.24, 2.45) is 0 Å². The van der Waals surface area contributed by atoms with Gasteiger partial charge >= 0.3 is 0 Å². The second-order valence-electron chi connectivity index (χ2n) is 8.86. The van der Waals surface area contributed by atoms with E-state index in [4.69, 9.17) is 9.84 Å². The van der Waals surface area contributed by atoms with Crippen molar-refractivity contribution in [1.82, 2.24) is 4.90 Å². The van der Waals surface area contributed by atoms with Crippen molar-refractivity contribution in [1.29, 1.82) is 0 Å². The summed E-state index contributed by atoms with van der Waals surface area (Å²) in [6.45, 7) is 3.31. The number of carbonyl (C=O) groups excluding carboxylic acids is 2. The Kier molecular flexibility index (Phi) is 14.3. The number of rotatable bonds is 16. The highest BCUT2D eigenvalue weighted by molar-refractivity contribution is 8.13. The molecule has 0 heterocycles. The van der Waals surface area contributed by atoms with Crippen molar-refractivity contribution < 1.29 is 39.9 Å². The van der Waals surface area contributed by atoms with E-state index in [9.17, 15) is 30.0 Å². The highest BCUT2D eigenvalue weighted by Crippen LogP contribution is 2.26. The van der Waals surface area contributed by atoms with Crippen LogP contribution in [0.25, 0.3) is 0 Å². The number of carbonyl (C=O) groups is 2. The summed E-state index contributed by atoms with van der Waals surface area (Å²) in [7, 11) is 0. The summed E-state index contributed by atoms with van der Waals surface area (Å²) in [4.78, 5) is 24.8. The van der Waals surface area contributed by atoms with Crippen molar-refractivity contribution in [3.63, 3.8) is 0 Å². The topological polar surface area (TPSA) is 148 Å². The molecule has 0 spiro atoms. The van der Waals surface area contributed by atoms with Crippen LogP contribution in [0.5, 0.6) is 5.75 Å². The maximum atomic E-state index is 11.5. The van der Waals surface area contributed by atoms with Gasteiger partial charge in [-0.1, -0.05) is 59.9 Å². The van der Waals surface area contributed by atoms with Gasteiger partial charge in [0.25, 0.3) is 0 Å². The molecule has 2 aromatic carbocycles. The summed E-state index contributed by atoms with van der Waals surface area (Å²) in [5.74, 6) is 1.57. The standard InChI is InChI=1S/C27H37NO8S2/c1-18(30)37-16-21-8-9-23(12-22(21)17-38-19(2)31)36-11-10-28(13-20-6-4-3-5-7-20)14-24(32)26(34)27(35)25(33)15-29/h3-9,12,24-27,29,32-35H,10-11,13-17H2,1-2H3/t24-,25+,26+,27+/m0/s1. The van der Waals surface area contributed by atoms with Gasteiger partial charge in [0.05, 0.1) is 12.7 Å². The van der Waals surface area contributed by atoms with Crippen LogP contribution in [0.2, 0.25) is 0 Å². The molecule has 4 atom stereocenters. The molecule has 0 aromatic heterocycles. The van der Waals surface area contributed by atoms with Crippen LogP contribution < -0.4 is 4.74 Å². The van der Waals surface area contributed by atoms with Gasteiger partial charge in [0, 0.05) is 45.0 Å². The Labute approximate surface area is 231 Å². The van der Waals surface area contributed by atoms with E-state index in [0.717, 1.165) is 16.7 Å². The minimum absolute atomic E-state index is 0.00424. The number of ether oxygens (including phenoxy) is 1. The molecule has 0 saturated heterocycles. The lowest BCUT2D eigenvalue weighted by Crippen LogP contribution is -2.50. The molecular weight excluding hydrogens is 530 g/mol. The summed E-state index contributed by atoms with van der Waals surface area (Å²) in [5.41, 5.74) is 2.84. The second kappa shape index (κ2) is 16.9. The van der Waals surface area contributed by atoms with Crippen LogP contribution in [0, 0.1) is 0 Å². The fourth-order valence-electron chi connectivity index (χ4n) is 3.63. The van der Waals surface area contributed by atoms with Gasteiger partial charge in [0.2, 0.25) is 0 Å². The summed E-state index contributed by atoms with van der Waals surface area (Å²) in [6.07, 6.45) is -6.31. The van der Waals surface area contributed by atoms with Crippen molar-refractivity contribution >= 4 is 33.8 Å². The van der Waals surface area contributed by atoms with Gasteiger partial charge in [-0.2, -0.15) is 0 Å². The predicted molar refractivity (Wildman–Crippen MR) is 149 cm³/mol. The molecule has 210 valence electrons. The van der Waals surface area contributed by atoms with Gasteiger partial charge in [-0.3, -0.25) is 14.5 Å². The highest BCUT2D eigenvalue weighted by Gasteiger charge is 2.31. The van der Waals surface area contributed by atoms with E-state index < -0.39 is 31.0 Å². The molecule has 11 heteroatoms. The van der Waals surface area contributed by atoms with Crippen LogP contribution in [0.15, 0.2) is 48.5 Å². The Bertz CT molecular complexity index is 1010. The Morgan fingerprint density at radius 2 is 1.47 bits per heavy atom. The number of aliphatic hydroxyl groups excluding tert-OH is 5. The van der Waals surface area contributed by atoms with E-state index in [1.165, 1.54) is 37.4 Å². The van der Waals surface area contributed by atoms with Crippen LogP contribution in [-0.4, -0.2) is 91.4 Å². The third kappa shape index (κ3) is 11.4. The van der Waals surface area contributed by atoms with Gasteiger partial charge in [0.1, 0.15) is 30.7 Å². The van der Waals surface area contributed by atoms with Crippen LogP contribution >= 0.6 is 23.5 Å². The van der Waals surface area contributed by atoms with E-state index in [-0.39, 0.29) is 23.4 Å². The zero-order chi connectivity index (χ0) is 28.1. The second-order valence-corrected chi connectivity index (χ2v) is 11.2. The zero-order valence-electron chi connectivity index (χ0n) is 21.6. The van der Waals surface area contributed by atoms with Crippen LogP contribution in [0.3, 0.4) is 0 Å². The molecule has 0 radical (unpaired) electrons. The average Bonchev–Trinajstić information content (AvgIpc) is 2.90. The number of aliphatic hydroxyl groups is 5. The van der Waals surface area contributed by atoms with Crippen molar-refractivity contribution in [3.05, 3.63) is 65.2 Å². The molecule has 0 bridgehead atoms. The predicted octanol–water partition coefficient (Wildman–Crippen LogP) is 1.56. The van der Waals surface area contributed by atoms with Crippen LogP contribution in [0.1, 0.15) is 30.5 Å². The summed E-state index contributed by atoms with van der Waals surface area (Å²) >= 11 is 2.39. The smallest absolute Gasteiger partial charge is 0.186 e. The Morgan fingerprint density at radius 1 is 0.868 bits per heavy atom. The van der Waals surface area contributed by atoms with Gasteiger partial charge in [-0.25, -0.2) is 0 Å². The maximum Gasteiger partial charge on any atom is 0.186 e. The Morgan fingerprint density at radius 3 is 2.08 bits per heavy atom. The van der Waals surface area contributed by atoms with E-state index in [1.807, 2.05) is 53.4 Å². The third-order valence-electron chi connectivity index (χ3n) is 5.74. The SMILES string of the molecule is CC(=O)SCc1ccc(OCCN(Cc2ccccc2)C[C@H](O)[C@@H](O)[C@H](O)[C@H](O)CO)cc1CSC(C)=O. The fourth-order valence-corrected chi connectivity index (χ4v) is 4.90. The van der Waals surface area contributed by atoms with E-state index in [2.05, 4.69) is 0 Å². The van der Waals surface area contributed by atoms with E-state index in [1.54, 1.807) is 0 Å². The molecule has 2 rings (SSSR count). The molecule has 0 aliphatic rings. The van der Waals surface area contributed by atoms with E-state index >= 15 is 0 Å². The van der Waals surface area contributed by atoms with Gasteiger partial charge < -0.3 is 30.3 Å². The molecule has 0 aliphatic heterocycles. The van der Waals surface area contributed by atoms with Gasteiger partial charge in [-0.15, -0.1) is 0 Å². The van der Waals surface area contributed by atoms with Gasteiger partial charge in [0.15, 0.2) is 10.2 Å². The highest BCUT2D eigenvalue weighted by atomic mass is 32.2. The first kappa shape index (κ1) is 32.3. The zero-order valence-corrected chi connectivity index (χ0v) is 23.2. The number of hydrogen-bond acceptors (Lipinski definition) is 11. The van der Waals surface area contributed by atoms with Crippen LogP contribution in [-0.2, 0) is 27.6 Å². The monoisotopic (exact) mass is 567 g/mol. The average molecular weight is 568 g/mol. The van der Waals surface area contributed by atoms with Crippen molar-refractivity contribution in [3.8, 4) is 5.75 Å². The maximum absolute atomic E-state index is 11.5. The summed E-state index contributed by atoms with van der Waals surface area (Å²) in [5, 5.41) is 49.4. The lowest BCUT2D eigenvalue weighted by molar-refractivity contribution is -0.120. The number of thioether (sulfide) groups is 2. The molecule has 0 aliphatic carbocycles. The molecule has 0 fully saturated rings. The third-order valence-corrected chi connectivity index (χ3v) is 7.46. The number of hydrogen-bond donors (Lipinski definition) is 5. The molecule has 0 unspecified atom stereocenters. The lowest BCUT2D eigenvalue weighted by atomic mass is 10.0. The van der Waals surface area contributed by atoms with E-state index in [0.29, 0.717) is 30.3 Å². The Balaban J connectivity index is 2.08. The normalized spacial score (nSPS) is 14.6. The molecule has 5 N–H and O–H groups in total. The fraction of sp³-hybridized carbons (Fsp3) is 0.481. The quantitative estimate of drug-likeness (QED) is 0.201. The molecule has 38 heavy (non-hydrogen) atoms. The van der Waals surface area contributed by atoms with Crippen molar-refractivity contribution in [2.45, 2.75) is 56.3 Å². The number of nitrogens with zero attached hydrogens (tertiary/aromatic N) is 1. The largest absolute Gasteiger partial charge is 0.492 e. The molecule has 2 aromatic rings. The Hall–Kier alpha value is -1.96. The molecule has 0 amide bonds. The minimum atomic E-state index is -1.70. The first-order chi connectivity index (χ1) is 18.1. The first-order valence-electron chi connectivity index (χ1n) is 12.2. The molecular formula is C27H37NO8S2. The molecule has 0 saturated carbocycles. The summed E-state index contributed by atoms with van der Waals surface area (Å²) in [6, 6.07) is 15.1. The van der Waals surface area contributed by atoms with Crippen molar-refractivity contribution in [2.75, 3.05) is 26.3 Å². The number of benzene rings is 2. The lowest BCUT2D eigenvalue weighted by Gasteiger charge is -2.30.